The molecule has 0 fully saturated rings. The van der Waals surface area contributed by atoms with Gasteiger partial charge in [0.05, 0.1) is 17.6 Å². The van der Waals surface area contributed by atoms with Gasteiger partial charge < -0.3 is 5.73 Å². The maximum atomic E-state index is 11.4. The highest BCUT2D eigenvalue weighted by Gasteiger charge is 2.09. The number of nitrogens with zero attached hydrogens (tertiary/aromatic N) is 1. The van der Waals surface area contributed by atoms with Gasteiger partial charge >= 0.3 is 0 Å². The van der Waals surface area contributed by atoms with Crippen molar-refractivity contribution in [3.8, 4) is 0 Å². The Kier molecular flexibility index (Phi) is 3.87. The molecule has 0 spiro atoms. The molecule has 0 aliphatic carbocycles. The minimum absolute atomic E-state index is 0.291. The molecule has 0 aliphatic rings. The lowest BCUT2D eigenvalue weighted by Crippen LogP contribution is -2.30. The molecule has 0 aliphatic heterocycles. The Morgan fingerprint density at radius 1 is 1.53 bits per heavy atom. The van der Waals surface area contributed by atoms with E-state index in [1.165, 1.54) is 18.5 Å². The van der Waals surface area contributed by atoms with Gasteiger partial charge in [-0.2, -0.15) is 13.1 Å². The van der Waals surface area contributed by atoms with Gasteiger partial charge in [-0.15, -0.1) is 0 Å². The van der Waals surface area contributed by atoms with Crippen molar-refractivity contribution < 1.29 is 8.42 Å². The molecule has 0 saturated heterocycles. The Labute approximate surface area is 89.1 Å². The minimum atomic E-state index is -3.53. The third-order valence-electron chi connectivity index (χ3n) is 1.64. The van der Waals surface area contributed by atoms with E-state index in [9.17, 15) is 8.42 Å². The molecule has 0 saturated carbocycles. The maximum absolute atomic E-state index is 11.4. The maximum Gasteiger partial charge on any atom is 0.299 e. The van der Waals surface area contributed by atoms with E-state index >= 15 is 0 Å². The number of rotatable bonds is 5. The van der Waals surface area contributed by atoms with E-state index in [0.717, 1.165) is 6.42 Å². The quantitative estimate of drug-likeness (QED) is 0.678. The van der Waals surface area contributed by atoms with Gasteiger partial charge in [0.1, 0.15) is 0 Å². The van der Waals surface area contributed by atoms with E-state index in [0.29, 0.717) is 17.9 Å². The lowest BCUT2D eigenvalue weighted by Gasteiger charge is -2.09. The molecule has 84 valence electrons. The summed E-state index contributed by atoms with van der Waals surface area (Å²) in [6.45, 7) is 2.27. The summed E-state index contributed by atoms with van der Waals surface area (Å²) in [4.78, 5) is 3.76. The van der Waals surface area contributed by atoms with E-state index in [4.69, 9.17) is 5.73 Å². The summed E-state index contributed by atoms with van der Waals surface area (Å²) in [5.74, 6) is 0. The molecule has 1 rings (SSSR count). The van der Waals surface area contributed by atoms with Crippen LogP contribution in [0.4, 0.5) is 11.4 Å². The lowest BCUT2D eigenvalue weighted by atomic mass is 10.4. The van der Waals surface area contributed by atoms with E-state index < -0.39 is 10.2 Å². The second-order valence-electron chi connectivity index (χ2n) is 2.96. The molecule has 0 atom stereocenters. The number of nitrogen functional groups attached to an aromatic ring is 1. The number of nitrogens with one attached hydrogen (secondary N) is 2. The minimum Gasteiger partial charge on any atom is -0.396 e. The van der Waals surface area contributed by atoms with Gasteiger partial charge in [0, 0.05) is 12.7 Å². The summed E-state index contributed by atoms with van der Waals surface area (Å²) in [6.07, 6.45) is 3.58. The molecule has 0 radical (unpaired) electrons. The predicted octanol–water partition coefficient (Wildman–Crippen LogP) is 0.320. The van der Waals surface area contributed by atoms with Crippen LogP contribution in [0.25, 0.3) is 0 Å². The zero-order valence-electron chi connectivity index (χ0n) is 8.40. The molecule has 1 aromatic heterocycles. The van der Waals surface area contributed by atoms with Gasteiger partial charge in [-0.05, 0) is 12.5 Å². The van der Waals surface area contributed by atoms with Gasteiger partial charge in [0.2, 0.25) is 0 Å². The van der Waals surface area contributed by atoms with Crippen LogP contribution in [0.2, 0.25) is 0 Å². The Balaban J connectivity index is 2.74. The first kappa shape index (κ1) is 11.7. The van der Waals surface area contributed by atoms with Crippen molar-refractivity contribution in [2.24, 2.45) is 0 Å². The highest BCUT2D eigenvalue weighted by Crippen LogP contribution is 2.15. The summed E-state index contributed by atoms with van der Waals surface area (Å²) >= 11 is 0. The number of aromatic nitrogens is 1. The van der Waals surface area contributed by atoms with Crippen LogP contribution in [-0.4, -0.2) is 19.9 Å². The fraction of sp³-hybridized carbons (Fsp3) is 0.375. The van der Waals surface area contributed by atoms with Crippen molar-refractivity contribution >= 4 is 21.6 Å². The average Bonchev–Trinajstić information content (AvgIpc) is 2.18. The molecular weight excluding hydrogens is 216 g/mol. The van der Waals surface area contributed by atoms with Crippen LogP contribution < -0.4 is 15.2 Å². The van der Waals surface area contributed by atoms with Crippen LogP contribution >= 0.6 is 0 Å². The SMILES string of the molecule is CCCNS(=O)(=O)Nc1ccncc1N. The Morgan fingerprint density at radius 2 is 2.27 bits per heavy atom. The van der Waals surface area contributed by atoms with Crippen LogP contribution in [-0.2, 0) is 10.2 Å². The molecule has 1 heterocycles. The first-order valence-electron chi connectivity index (χ1n) is 4.52. The number of anilines is 2. The lowest BCUT2D eigenvalue weighted by molar-refractivity contribution is 0.586. The monoisotopic (exact) mass is 230 g/mol. The fourth-order valence-corrected chi connectivity index (χ4v) is 1.94. The van der Waals surface area contributed by atoms with Gasteiger partial charge in [0.25, 0.3) is 10.2 Å². The van der Waals surface area contributed by atoms with Crippen molar-refractivity contribution in [2.45, 2.75) is 13.3 Å². The van der Waals surface area contributed by atoms with Gasteiger partial charge in [-0.1, -0.05) is 6.92 Å². The third-order valence-corrected chi connectivity index (χ3v) is 2.71. The number of hydrogen-bond acceptors (Lipinski definition) is 4. The molecule has 0 unspecified atom stereocenters. The summed E-state index contributed by atoms with van der Waals surface area (Å²) in [5.41, 5.74) is 6.16. The average molecular weight is 230 g/mol. The largest absolute Gasteiger partial charge is 0.396 e. The van der Waals surface area contributed by atoms with Gasteiger partial charge in [0.15, 0.2) is 0 Å². The molecule has 0 amide bonds. The molecule has 0 aromatic carbocycles. The smallest absolute Gasteiger partial charge is 0.299 e. The summed E-state index contributed by atoms with van der Waals surface area (Å²) in [7, 11) is -3.53. The Hall–Kier alpha value is -1.34. The molecule has 1 aromatic rings. The first-order chi connectivity index (χ1) is 7.05. The van der Waals surface area contributed by atoms with Gasteiger partial charge in [-0.3, -0.25) is 9.71 Å². The summed E-state index contributed by atoms with van der Waals surface area (Å²) in [5, 5.41) is 0. The van der Waals surface area contributed by atoms with E-state index in [-0.39, 0.29) is 0 Å². The fourth-order valence-electron chi connectivity index (χ4n) is 0.917. The molecule has 15 heavy (non-hydrogen) atoms. The van der Waals surface area contributed by atoms with Crippen LogP contribution in [0.15, 0.2) is 18.5 Å². The molecule has 7 heteroatoms. The molecular formula is C8H14N4O2S. The second kappa shape index (κ2) is 4.94. The van der Waals surface area contributed by atoms with Crippen molar-refractivity contribution in [2.75, 3.05) is 17.0 Å². The van der Waals surface area contributed by atoms with Crippen LogP contribution in [0.1, 0.15) is 13.3 Å². The van der Waals surface area contributed by atoms with E-state index in [1.807, 2.05) is 6.92 Å². The standard InChI is InChI=1S/C8H14N4O2S/c1-2-4-11-15(13,14)12-8-3-5-10-6-7(8)9/h3,5-6,11H,2,4,9H2,1H3,(H,10,12). The van der Waals surface area contributed by atoms with Crippen molar-refractivity contribution in [1.29, 1.82) is 0 Å². The second-order valence-corrected chi connectivity index (χ2v) is 4.46. The highest BCUT2D eigenvalue weighted by molar-refractivity contribution is 7.90. The van der Waals surface area contributed by atoms with Crippen LogP contribution in [0.3, 0.4) is 0 Å². The van der Waals surface area contributed by atoms with E-state index in [2.05, 4.69) is 14.4 Å². The van der Waals surface area contributed by atoms with Crippen molar-refractivity contribution in [3.05, 3.63) is 18.5 Å². The number of hydrogen-bond donors (Lipinski definition) is 3. The van der Waals surface area contributed by atoms with Gasteiger partial charge in [-0.25, -0.2) is 0 Å². The molecule has 4 N–H and O–H groups in total. The summed E-state index contributed by atoms with van der Waals surface area (Å²) < 4.78 is 27.5. The van der Waals surface area contributed by atoms with Crippen molar-refractivity contribution in [3.63, 3.8) is 0 Å². The normalized spacial score (nSPS) is 11.3. The Morgan fingerprint density at radius 3 is 2.87 bits per heavy atom. The molecule has 0 bridgehead atoms. The zero-order valence-corrected chi connectivity index (χ0v) is 9.21. The topological polar surface area (TPSA) is 97.1 Å². The number of nitrogens with two attached hydrogens (primary N) is 1. The molecule has 6 nitrogen and oxygen atoms in total. The first-order valence-corrected chi connectivity index (χ1v) is 6.00. The predicted molar refractivity (Wildman–Crippen MR) is 59.5 cm³/mol. The van der Waals surface area contributed by atoms with E-state index in [1.54, 1.807) is 0 Å². The van der Waals surface area contributed by atoms with Crippen LogP contribution in [0, 0.1) is 0 Å². The van der Waals surface area contributed by atoms with Crippen molar-refractivity contribution in [1.82, 2.24) is 9.71 Å². The third kappa shape index (κ3) is 3.72. The Bertz CT molecular complexity index is 418. The zero-order chi connectivity index (χ0) is 11.3. The summed E-state index contributed by atoms with van der Waals surface area (Å²) in [6, 6.07) is 1.50. The van der Waals surface area contributed by atoms with Crippen LogP contribution in [0.5, 0.6) is 0 Å². The highest BCUT2D eigenvalue weighted by atomic mass is 32.2. The number of pyridine rings is 1.